The van der Waals surface area contributed by atoms with Gasteiger partial charge in [0.2, 0.25) is 11.8 Å². The molecule has 2 heterocycles. The number of likely N-dealkylation sites (tertiary alicyclic amines) is 1. The maximum Gasteiger partial charge on any atom is 0.230 e. The number of hydrogen-bond donors (Lipinski definition) is 0. The van der Waals surface area contributed by atoms with Crippen molar-refractivity contribution in [3.05, 3.63) is 47.1 Å². The SMILES string of the molecule is O=C([C@@H]1CCCc2ccccc21)N1CCC[C@H]1c1noc(C2CC2)n1. The number of hydrogen-bond acceptors (Lipinski definition) is 4. The Labute approximate surface area is 147 Å². The third kappa shape index (κ3) is 2.66. The quantitative estimate of drug-likeness (QED) is 0.856. The van der Waals surface area contributed by atoms with E-state index >= 15 is 0 Å². The van der Waals surface area contributed by atoms with E-state index in [1.54, 1.807) is 0 Å². The van der Waals surface area contributed by atoms with E-state index in [0.717, 1.165) is 57.4 Å². The first kappa shape index (κ1) is 15.1. The van der Waals surface area contributed by atoms with Gasteiger partial charge in [-0.15, -0.1) is 0 Å². The van der Waals surface area contributed by atoms with Gasteiger partial charge in [-0.1, -0.05) is 29.4 Å². The fourth-order valence-corrected chi connectivity index (χ4v) is 4.39. The minimum Gasteiger partial charge on any atom is -0.339 e. The summed E-state index contributed by atoms with van der Waals surface area (Å²) in [6.45, 7) is 0.801. The molecule has 0 bridgehead atoms. The molecule has 25 heavy (non-hydrogen) atoms. The molecular formula is C20H23N3O2. The standard InChI is InChI=1S/C20H23N3O2/c24-20(16-8-3-6-13-5-1-2-7-15(13)16)23-12-4-9-17(23)18-21-19(25-22-18)14-10-11-14/h1-2,5,7,14,16-17H,3-4,6,8-12H2/t16-,17+/m1/s1. The van der Waals surface area contributed by atoms with Crippen LogP contribution in [0.3, 0.4) is 0 Å². The van der Waals surface area contributed by atoms with Gasteiger partial charge in [-0.25, -0.2) is 0 Å². The van der Waals surface area contributed by atoms with Crippen LogP contribution < -0.4 is 0 Å². The number of carbonyl (C=O) groups is 1. The molecule has 1 saturated carbocycles. The van der Waals surface area contributed by atoms with Gasteiger partial charge in [0.25, 0.3) is 0 Å². The molecule has 2 aliphatic carbocycles. The molecule has 1 aromatic carbocycles. The van der Waals surface area contributed by atoms with Gasteiger partial charge in [-0.3, -0.25) is 4.79 Å². The zero-order valence-electron chi connectivity index (χ0n) is 14.4. The van der Waals surface area contributed by atoms with Crippen LogP contribution in [0.25, 0.3) is 0 Å². The van der Waals surface area contributed by atoms with Crippen LogP contribution in [0, 0.1) is 0 Å². The number of fused-ring (bicyclic) bond motifs is 1. The third-order valence-corrected chi connectivity index (χ3v) is 5.89. The van der Waals surface area contributed by atoms with Gasteiger partial charge in [-0.05, 0) is 56.1 Å². The molecule has 1 amide bonds. The number of carbonyl (C=O) groups excluding carboxylic acids is 1. The van der Waals surface area contributed by atoms with E-state index in [1.807, 2.05) is 11.0 Å². The molecule has 5 heteroatoms. The van der Waals surface area contributed by atoms with Crippen LogP contribution >= 0.6 is 0 Å². The lowest BCUT2D eigenvalue weighted by molar-refractivity contribution is -0.134. The number of nitrogens with zero attached hydrogens (tertiary/aromatic N) is 3. The molecule has 0 N–H and O–H groups in total. The van der Waals surface area contributed by atoms with Crippen molar-refractivity contribution in [1.82, 2.24) is 15.0 Å². The molecule has 0 radical (unpaired) electrons. The van der Waals surface area contributed by atoms with Gasteiger partial charge in [0.15, 0.2) is 5.82 Å². The lowest BCUT2D eigenvalue weighted by atomic mass is 9.82. The molecule has 5 nitrogen and oxygen atoms in total. The Morgan fingerprint density at radius 1 is 1.12 bits per heavy atom. The Hall–Kier alpha value is -2.17. The van der Waals surface area contributed by atoms with Gasteiger partial charge in [0, 0.05) is 12.5 Å². The van der Waals surface area contributed by atoms with E-state index in [4.69, 9.17) is 4.52 Å². The highest BCUT2D eigenvalue weighted by Gasteiger charge is 2.39. The largest absolute Gasteiger partial charge is 0.339 e. The monoisotopic (exact) mass is 337 g/mol. The first-order valence-corrected chi connectivity index (χ1v) is 9.53. The Bertz CT molecular complexity index is 796. The zero-order chi connectivity index (χ0) is 16.8. The van der Waals surface area contributed by atoms with Crippen molar-refractivity contribution < 1.29 is 9.32 Å². The summed E-state index contributed by atoms with van der Waals surface area (Å²) >= 11 is 0. The summed E-state index contributed by atoms with van der Waals surface area (Å²) in [5.74, 6) is 2.15. The molecule has 2 aromatic rings. The zero-order valence-corrected chi connectivity index (χ0v) is 14.4. The number of aryl methyl sites for hydroxylation is 1. The van der Waals surface area contributed by atoms with Crippen molar-refractivity contribution in [2.75, 3.05) is 6.54 Å². The van der Waals surface area contributed by atoms with Crippen molar-refractivity contribution >= 4 is 5.91 Å². The molecular weight excluding hydrogens is 314 g/mol. The van der Waals surface area contributed by atoms with E-state index < -0.39 is 0 Å². The van der Waals surface area contributed by atoms with Gasteiger partial charge in [0.1, 0.15) is 0 Å². The van der Waals surface area contributed by atoms with Crippen LogP contribution in [0.2, 0.25) is 0 Å². The van der Waals surface area contributed by atoms with Crippen molar-refractivity contribution in [2.45, 2.75) is 62.8 Å². The fourth-order valence-electron chi connectivity index (χ4n) is 4.39. The van der Waals surface area contributed by atoms with Crippen molar-refractivity contribution in [3.8, 4) is 0 Å². The number of rotatable bonds is 3. The highest BCUT2D eigenvalue weighted by atomic mass is 16.5. The summed E-state index contributed by atoms with van der Waals surface area (Å²) < 4.78 is 5.43. The number of aromatic nitrogens is 2. The Balaban J connectivity index is 1.41. The molecule has 2 atom stereocenters. The van der Waals surface area contributed by atoms with Crippen molar-refractivity contribution in [1.29, 1.82) is 0 Å². The predicted octanol–water partition coefficient (Wildman–Crippen LogP) is 3.73. The fraction of sp³-hybridized carbons (Fsp3) is 0.550. The maximum absolute atomic E-state index is 13.3. The topological polar surface area (TPSA) is 59.2 Å². The molecule has 5 rings (SSSR count). The third-order valence-electron chi connectivity index (χ3n) is 5.89. The lowest BCUT2D eigenvalue weighted by Gasteiger charge is -2.31. The van der Waals surface area contributed by atoms with Crippen LogP contribution in [0.15, 0.2) is 28.8 Å². The molecule has 1 aromatic heterocycles. The molecule has 3 aliphatic rings. The van der Waals surface area contributed by atoms with Crippen LogP contribution in [-0.2, 0) is 11.2 Å². The lowest BCUT2D eigenvalue weighted by Crippen LogP contribution is -2.36. The number of benzene rings is 1. The number of amides is 1. The summed E-state index contributed by atoms with van der Waals surface area (Å²) in [6.07, 6.45) is 7.35. The van der Waals surface area contributed by atoms with Crippen LogP contribution in [-0.4, -0.2) is 27.5 Å². The normalized spacial score (nSPS) is 25.8. The van der Waals surface area contributed by atoms with Crippen LogP contribution in [0.1, 0.15) is 79.2 Å². The Morgan fingerprint density at radius 2 is 2.00 bits per heavy atom. The van der Waals surface area contributed by atoms with Crippen LogP contribution in [0.4, 0.5) is 0 Å². The second kappa shape index (κ2) is 5.97. The highest BCUT2D eigenvalue weighted by Crippen LogP contribution is 2.41. The van der Waals surface area contributed by atoms with Gasteiger partial charge < -0.3 is 9.42 Å². The van der Waals surface area contributed by atoms with Crippen molar-refractivity contribution in [2.24, 2.45) is 0 Å². The van der Waals surface area contributed by atoms with Gasteiger partial charge in [0.05, 0.1) is 12.0 Å². The van der Waals surface area contributed by atoms with E-state index in [2.05, 4.69) is 28.3 Å². The maximum atomic E-state index is 13.3. The Morgan fingerprint density at radius 3 is 2.88 bits per heavy atom. The summed E-state index contributed by atoms with van der Waals surface area (Å²) in [5.41, 5.74) is 2.55. The van der Waals surface area contributed by atoms with Crippen molar-refractivity contribution in [3.63, 3.8) is 0 Å². The first-order chi connectivity index (χ1) is 12.3. The molecule has 0 spiro atoms. The molecule has 2 fully saturated rings. The summed E-state index contributed by atoms with van der Waals surface area (Å²) in [7, 11) is 0. The minimum absolute atomic E-state index is 0.0136. The molecule has 0 unspecified atom stereocenters. The second-order valence-electron chi connectivity index (χ2n) is 7.60. The average Bonchev–Trinajstić information content (AvgIpc) is 3.19. The smallest absolute Gasteiger partial charge is 0.230 e. The predicted molar refractivity (Wildman–Crippen MR) is 92.1 cm³/mol. The Kier molecular flexibility index (Phi) is 3.61. The minimum atomic E-state index is -0.0159. The van der Waals surface area contributed by atoms with Gasteiger partial charge in [-0.2, -0.15) is 4.98 Å². The molecule has 1 aliphatic heterocycles. The second-order valence-corrected chi connectivity index (χ2v) is 7.60. The summed E-state index contributed by atoms with van der Waals surface area (Å²) in [4.78, 5) is 20.0. The highest BCUT2D eigenvalue weighted by molar-refractivity contribution is 5.85. The van der Waals surface area contributed by atoms with E-state index in [1.165, 1.54) is 11.1 Å². The molecule has 130 valence electrons. The summed E-state index contributed by atoms with van der Waals surface area (Å²) in [6, 6.07) is 8.40. The summed E-state index contributed by atoms with van der Waals surface area (Å²) in [5, 5.41) is 4.20. The van der Waals surface area contributed by atoms with E-state index in [-0.39, 0.29) is 17.9 Å². The van der Waals surface area contributed by atoms with Gasteiger partial charge >= 0.3 is 0 Å². The first-order valence-electron chi connectivity index (χ1n) is 9.53. The molecule has 1 saturated heterocycles. The van der Waals surface area contributed by atoms with E-state index in [9.17, 15) is 4.79 Å². The van der Waals surface area contributed by atoms with Crippen LogP contribution in [0.5, 0.6) is 0 Å². The average molecular weight is 337 g/mol. The van der Waals surface area contributed by atoms with E-state index in [0.29, 0.717) is 11.7 Å².